The maximum Gasteiger partial charge on any atom is 0.182 e. The van der Waals surface area contributed by atoms with Gasteiger partial charge >= 0.3 is 0 Å². The van der Waals surface area contributed by atoms with Gasteiger partial charge in [-0.2, -0.15) is 11.8 Å². The highest BCUT2D eigenvalue weighted by Crippen LogP contribution is 2.20. The molecule has 0 bridgehead atoms. The normalized spacial score (nSPS) is 20.7. The van der Waals surface area contributed by atoms with Crippen LogP contribution in [-0.4, -0.2) is 53.4 Å². The zero-order valence-electron chi connectivity index (χ0n) is 10.8. The Morgan fingerprint density at radius 3 is 3.17 bits per heavy atom. The maximum atomic E-state index is 12.4. The Morgan fingerprint density at radius 1 is 1.61 bits per heavy atom. The van der Waals surface area contributed by atoms with Gasteiger partial charge in [-0.05, 0) is 20.0 Å². The van der Waals surface area contributed by atoms with Gasteiger partial charge in [0.25, 0.3) is 0 Å². The molecule has 4 nitrogen and oxygen atoms in total. The Bertz CT molecular complexity index is 425. The topological polar surface area (TPSA) is 42.4 Å². The van der Waals surface area contributed by atoms with Gasteiger partial charge in [-0.1, -0.05) is 0 Å². The quantitative estimate of drug-likeness (QED) is 0.776. The third-order valence-corrected chi connectivity index (χ3v) is 4.03. The first kappa shape index (κ1) is 13.4. The number of hydrogen-bond donors (Lipinski definition) is 0. The van der Waals surface area contributed by atoms with Crippen molar-refractivity contribution in [2.75, 3.05) is 31.7 Å². The number of ether oxygens (including phenoxy) is 1. The van der Waals surface area contributed by atoms with E-state index in [4.69, 9.17) is 4.74 Å². The summed E-state index contributed by atoms with van der Waals surface area (Å²) in [5.41, 5.74) is 0.639. The number of carbonyl (C=O) groups is 1. The summed E-state index contributed by atoms with van der Waals surface area (Å²) < 4.78 is 5.38. The molecule has 1 saturated heterocycles. The smallest absolute Gasteiger partial charge is 0.182 e. The number of ketones is 1. The third kappa shape index (κ3) is 3.03. The van der Waals surface area contributed by atoms with Crippen LogP contribution in [0, 0.1) is 0 Å². The van der Waals surface area contributed by atoms with E-state index < -0.39 is 0 Å². The highest BCUT2D eigenvalue weighted by molar-refractivity contribution is 7.99. The van der Waals surface area contributed by atoms with Crippen molar-refractivity contribution in [1.82, 2.24) is 9.88 Å². The van der Waals surface area contributed by atoms with E-state index in [2.05, 4.69) is 9.88 Å². The van der Waals surface area contributed by atoms with Crippen LogP contribution in [0.5, 0.6) is 5.75 Å². The second-order valence-electron chi connectivity index (χ2n) is 4.28. The standard InChI is InChI=1S/C13H18N2O2S/c1-3-17-11-6-10(7-14-8-11)13(16)12-9-18-5-4-15(12)2/h6-8,12H,3-5,9H2,1-2H3. The van der Waals surface area contributed by atoms with Crippen molar-refractivity contribution in [3.05, 3.63) is 24.0 Å². The van der Waals surface area contributed by atoms with Crippen molar-refractivity contribution in [3.8, 4) is 5.75 Å². The van der Waals surface area contributed by atoms with Gasteiger partial charge in [-0.15, -0.1) is 0 Å². The molecule has 1 unspecified atom stereocenters. The summed E-state index contributed by atoms with van der Waals surface area (Å²) in [5.74, 6) is 2.75. The van der Waals surface area contributed by atoms with Crippen molar-refractivity contribution < 1.29 is 9.53 Å². The second kappa shape index (κ2) is 6.20. The Kier molecular flexibility index (Phi) is 4.60. The maximum absolute atomic E-state index is 12.4. The van der Waals surface area contributed by atoms with Crippen LogP contribution < -0.4 is 4.74 Å². The number of aromatic nitrogens is 1. The van der Waals surface area contributed by atoms with Crippen LogP contribution >= 0.6 is 11.8 Å². The monoisotopic (exact) mass is 266 g/mol. The number of nitrogens with zero attached hydrogens (tertiary/aromatic N) is 2. The molecular weight excluding hydrogens is 248 g/mol. The highest BCUT2D eigenvalue weighted by atomic mass is 32.2. The van der Waals surface area contributed by atoms with Crippen LogP contribution in [0.15, 0.2) is 18.5 Å². The first-order valence-electron chi connectivity index (χ1n) is 6.12. The van der Waals surface area contributed by atoms with Crippen molar-refractivity contribution in [2.24, 2.45) is 0 Å². The zero-order chi connectivity index (χ0) is 13.0. The fourth-order valence-electron chi connectivity index (χ4n) is 1.95. The average Bonchev–Trinajstić information content (AvgIpc) is 2.39. The number of rotatable bonds is 4. The molecule has 0 radical (unpaired) electrons. The summed E-state index contributed by atoms with van der Waals surface area (Å²) in [7, 11) is 2.00. The molecular formula is C13H18N2O2S. The van der Waals surface area contributed by atoms with Crippen molar-refractivity contribution >= 4 is 17.5 Å². The molecule has 0 aromatic carbocycles. The van der Waals surface area contributed by atoms with Gasteiger partial charge in [0.2, 0.25) is 0 Å². The number of thioether (sulfide) groups is 1. The summed E-state index contributed by atoms with van der Waals surface area (Å²) in [6.45, 7) is 3.46. The molecule has 2 heterocycles. The summed E-state index contributed by atoms with van der Waals surface area (Å²) in [6.07, 6.45) is 3.26. The van der Waals surface area contributed by atoms with Crippen molar-refractivity contribution in [1.29, 1.82) is 0 Å². The van der Waals surface area contributed by atoms with E-state index in [1.807, 2.05) is 25.7 Å². The minimum absolute atomic E-state index is 0.0394. The van der Waals surface area contributed by atoms with Gasteiger partial charge in [0, 0.05) is 29.8 Å². The minimum atomic E-state index is -0.0394. The molecule has 1 aromatic rings. The van der Waals surface area contributed by atoms with Gasteiger partial charge in [-0.25, -0.2) is 0 Å². The predicted octanol–water partition coefficient (Wildman–Crippen LogP) is 1.71. The Balaban J connectivity index is 2.14. The molecule has 0 amide bonds. The van der Waals surface area contributed by atoms with Gasteiger partial charge < -0.3 is 4.74 Å². The lowest BCUT2D eigenvalue weighted by atomic mass is 10.1. The number of Topliss-reactive ketones (excluding diaryl/α,β-unsaturated/α-hetero) is 1. The fourth-order valence-corrected chi connectivity index (χ4v) is 3.17. The van der Waals surface area contributed by atoms with Crippen LogP contribution in [0.25, 0.3) is 0 Å². The van der Waals surface area contributed by atoms with Crippen LogP contribution in [0.3, 0.4) is 0 Å². The van der Waals surface area contributed by atoms with Crippen LogP contribution in [0.1, 0.15) is 17.3 Å². The van der Waals surface area contributed by atoms with E-state index in [-0.39, 0.29) is 11.8 Å². The van der Waals surface area contributed by atoms with Gasteiger partial charge in [0.1, 0.15) is 5.75 Å². The Hall–Kier alpha value is -1.07. The lowest BCUT2D eigenvalue weighted by Gasteiger charge is -2.30. The molecule has 1 aliphatic heterocycles. The molecule has 0 spiro atoms. The zero-order valence-corrected chi connectivity index (χ0v) is 11.6. The summed E-state index contributed by atoms with van der Waals surface area (Å²) >= 11 is 1.83. The summed E-state index contributed by atoms with van der Waals surface area (Å²) in [4.78, 5) is 18.6. The van der Waals surface area contributed by atoms with Crippen molar-refractivity contribution in [2.45, 2.75) is 13.0 Å². The van der Waals surface area contributed by atoms with Gasteiger partial charge in [0.05, 0.1) is 18.8 Å². The predicted molar refractivity (Wildman–Crippen MR) is 73.5 cm³/mol. The van der Waals surface area contributed by atoms with Crippen LogP contribution in [0.4, 0.5) is 0 Å². The lowest BCUT2D eigenvalue weighted by molar-refractivity contribution is 0.0873. The largest absolute Gasteiger partial charge is 0.492 e. The van der Waals surface area contributed by atoms with Gasteiger partial charge in [-0.3, -0.25) is 14.7 Å². The number of hydrogen-bond acceptors (Lipinski definition) is 5. The van der Waals surface area contributed by atoms with E-state index in [0.29, 0.717) is 17.9 Å². The molecule has 5 heteroatoms. The molecule has 98 valence electrons. The van der Waals surface area contributed by atoms with E-state index in [0.717, 1.165) is 18.1 Å². The molecule has 1 atom stereocenters. The van der Waals surface area contributed by atoms with Gasteiger partial charge in [0.15, 0.2) is 5.78 Å². The third-order valence-electron chi connectivity index (χ3n) is 3.01. The van der Waals surface area contributed by atoms with Crippen LogP contribution in [0.2, 0.25) is 0 Å². The highest BCUT2D eigenvalue weighted by Gasteiger charge is 2.27. The van der Waals surface area contributed by atoms with Crippen LogP contribution in [-0.2, 0) is 0 Å². The molecule has 0 aliphatic carbocycles. The fraction of sp³-hybridized carbons (Fsp3) is 0.538. The molecule has 2 rings (SSSR count). The summed E-state index contributed by atoms with van der Waals surface area (Å²) in [5, 5.41) is 0. The molecule has 1 aromatic heterocycles. The minimum Gasteiger partial charge on any atom is -0.492 e. The molecule has 18 heavy (non-hydrogen) atoms. The van der Waals surface area contributed by atoms with Crippen molar-refractivity contribution in [3.63, 3.8) is 0 Å². The summed E-state index contributed by atoms with van der Waals surface area (Å²) in [6, 6.07) is 1.74. The van der Waals surface area contributed by atoms with E-state index >= 15 is 0 Å². The Labute approximate surface area is 112 Å². The Morgan fingerprint density at radius 2 is 2.44 bits per heavy atom. The molecule has 1 aliphatic rings. The number of likely N-dealkylation sites (N-methyl/N-ethyl adjacent to an activating group) is 1. The van der Waals surface area contributed by atoms with E-state index in [1.165, 1.54) is 0 Å². The SMILES string of the molecule is CCOc1cncc(C(=O)C2CSCCN2C)c1. The average molecular weight is 266 g/mol. The second-order valence-corrected chi connectivity index (χ2v) is 5.43. The van der Waals surface area contributed by atoms with E-state index in [9.17, 15) is 4.79 Å². The molecule has 0 saturated carbocycles. The first-order valence-corrected chi connectivity index (χ1v) is 7.28. The first-order chi connectivity index (χ1) is 8.72. The number of pyridine rings is 1. The van der Waals surface area contributed by atoms with E-state index in [1.54, 1.807) is 18.5 Å². The molecule has 0 N–H and O–H groups in total. The molecule has 1 fully saturated rings. The number of carbonyl (C=O) groups excluding carboxylic acids is 1. The lowest BCUT2D eigenvalue weighted by Crippen LogP contribution is -2.44.